The fourth-order valence-electron chi connectivity index (χ4n) is 1.11. The second-order valence-corrected chi connectivity index (χ2v) is 3.62. The summed E-state index contributed by atoms with van der Waals surface area (Å²) in [6.45, 7) is 2.27. The molecule has 0 aliphatic heterocycles. The Hall–Kier alpha value is -1.32. The molecule has 0 rings (SSSR count). The van der Waals surface area contributed by atoms with Crippen molar-refractivity contribution in [1.29, 1.82) is 0 Å². The Morgan fingerprint density at radius 3 is 2.11 bits per heavy atom. The normalized spacial score (nSPS) is 17.4. The summed E-state index contributed by atoms with van der Waals surface area (Å²) in [5.74, 6) is -1.97. The van der Waals surface area contributed by atoms with Gasteiger partial charge < -0.3 is 25.5 Å². The molecule has 0 aliphatic rings. The van der Waals surface area contributed by atoms with Crippen molar-refractivity contribution in [3.63, 3.8) is 0 Å². The fraction of sp³-hybridized carbons (Fsp3) is 0.600. The highest BCUT2D eigenvalue weighted by Crippen LogP contribution is 2.07. The lowest BCUT2D eigenvalue weighted by molar-refractivity contribution is -0.160. The fourth-order valence-corrected chi connectivity index (χ4v) is 1.11. The highest BCUT2D eigenvalue weighted by molar-refractivity contribution is 6.01. The van der Waals surface area contributed by atoms with Crippen molar-refractivity contribution < 1.29 is 35.1 Å². The van der Waals surface area contributed by atoms with Crippen LogP contribution in [0.1, 0.15) is 0 Å². The molecular formula is C10H17NO7. The summed E-state index contributed by atoms with van der Waals surface area (Å²) in [6.07, 6.45) is -6.98. The lowest BCUT2D eigenvalue weighted by Crippen LogP contribution is -2.52. The average Bonchev–Trinajstić information content (AvgIpc) is 2.40. The maximum atomic E-state index is 11.5. The Balaban J connectivity index is 4.73. The maximum Gasteiger partial charge on any atom is 0.260 e. The summed E-state index contributed by atoms with van der Waals surface area (Å²) in [6, 6.07) is 0. The number of aliphatic hydroxyl groups excluding tert-OH is 5. The van der Waals surface area contributed by atoms with Crippen molar-refractivity contribution in [2.75, 3.05) is 13.7 Å². The number of hydrogen-bond donors (Lipinski definition) is 5. The zero-order valence-electron chi connectivity index (χ0n) is 9.80. The topological polar surface area (TPSA) is 139 Å². The number of rotatable bonds is 6. The van der Waals surface area contributed by atoms with E-state index in [9.17, 15) is 24.9 Å². The third-order valence-corrected chi connectivity index (χ3v) is 2.34. The summed E-state index contributed by atoms with van der Waals surface area (Å²) in [4.78, 5) is 23.1. The molecule has 0 radical (unpaired) electrons. The molecule has 0 aliphatic carbocycles. The number of likely N-dealkylation sites (N-methyl/N-ethyl adjacent to an activating group) is 1. The molecule has 0 bridgehead atoms. The van der Waals surface area contributed by atoms with Crippen molar-refractivity contribution in [3.8, 4) is 0 Å². The Morgan fingerprint density at radius 1 is 1.22 bits per heavy atom. The standard InChI is InChI=1S/C10H17NO7/c1-3-6(14)11(2)10(18)9(17)8(16)7(15)5(13)4-12/h3,5,7-9,12-13,15-17H,1,4H2,2H3/t5-,7-,8+,9-/m1/s1. The zero-order chi connectivity index (χ0) is 14.5. The van der Waals surface area contributed by atoms with Crippen LogP contribution in [0, 0.1) is 0 Å². The van der Waals surface area contributed by atoms with Gasteiger partial charge in [0.2, 0.25) is 0 Å². The van der Waals surface area contributed by atoms with Crippen LogP contribution in [0.3, 0.4) is 0 Å². The Labute approximate surface area is 103 Å². The third-order valence-electron chi connectivity index (χ3n) is 2.34. The number of carbonyl (C=O) groups is 2. The minimum absolute atomic E-state index is 0.499. The molecule has 2 amide bonds. The first-order valence-electron chi connectivity index (χ1n) is 5.05. The highest BCUT2D eigenvalue weighted by Gasteiger charge is 2.36. The van der Waals surface area contributed by atoms with Gasteiger partial charge in [0, 0.05) is 7.05 Å². The van der Waals surface area contributed by atoms with E-state index in [1.807, 2.05) is 0 Å². The van der Waals surface area contributed by atoms with Crippen LogP contribution in [0.2, 0.25) is 0 Å². The molecule has 104 valence electrons. The van der Waals surface area contributed by atoms with Gasteiger partial charge in [0.1, 0.15) is 18.3 Å². The minimum Gasteiger partial charge on any atom is -0.394 e. The van der Waals surface area contributed by atoms with E-state index in [2.05, 4.69) is 6.58 Å². The van der Waals surface area contributed by atoms with Gasteiger partial charge in [-0.25, -0.2) is 0 Å². The molecule has 0 spiro atoms. The van der Waals surface area contributed by atoms with Gasteiger partial charge in [0.05, 0.1) is 6.61 Å². The smallest absolute Gasteiger partial charge is 0.260 e. The van der Waals surface area contributed by atoms with Crippen LogP contribution in [0.5, 0.6) is 0 Å². The summed E-state index contributed by atoms with van der Waals surface area (Å²) < 4.78 is 0. The van der Waals surface area contributed by atoms with Gasteiger partial charge in [-0.2, -0.15) is 0 Å². The lowest BCUT2D eigenvalue weighted by atomic mass is 10.0. The molecule has 0 heterocycles. The van der Waals surface area contributed by atoms with Crippen molar-refractivity contribution >= 4 is 11.8 Å². The number of carbonyl (C=O) groups excluding carboxylic acids is 2. The van der Waals surface area contributed by atoms with Crippen LogP contribution in [-0.2, 0) is 9.59 Å². The quantitative estimate of drug-likeness (QED) is 0.315. The summed E-state index contributed by atoms with van der Waals surface area (Å²) >= 11 is 0. The molecule has 0 aromatic heterocycles. The van der Waals surface area contributed by atoms with Gasteiger partial charge in [0.15, 0.2) is 6.10 Å². The predicted octanol–water partition coefficient (Wildman–Crippen LogP) is -3.41. The van der Waals surface area contributed by atoms with Crippen LogP contribution >= 0.6 is 0 Å². The van der Waals surface area contributed by atoms with Crippen molar-refractivity contribution in [2.45, 2.75) is 24.4 Å². The second kappa shape index (κ2) is 7.19. The molecule has 0 aromatic rings. The van der Waals surface area contributed by atoms with E-state index in [-0.39, 0.29) is 0 Å². The van der Waals surface area contributed by atoms with Crippen LogP contribution in [0.15, 0.2) is 12.7 Å². The number of hydrogen-bond acceptors (Lipinski definition) is 7. The Morgan fingerprint density at radius 2 is 1.72 bits per heavy atom. The zero-order valence-corrected chi connectivity index (χ0v) is 9.80. The Bertz CT molecular complexity index is 319. The van der Waals surface area contributed by atoms with Crippen LogP contribution in [0.4, 0.5) is 0 Å². The number of amides is 2. The molecule has 4 atom stereocenters. The summed E-state index contributed by atoms with van der Waals surface area (Å²) in [5.41, 5.74) is 0. The lowest BCUT2D eigenvalue weighted by Gasteiger charge is -2.26. The minimum atomic E-state index is -2.12. The maximum absolute atomic E-state index is 11.5. The molecular weight excluding hydrogens is 246 g/mol. The number of imide groups is 1. The van der Waals surface area contributed by atoms with E-state index >= 15 is 0 Å². The average molecular weight is 263 g/mol. The van der Waals surface area contributed by atoms with Gasteiger partial charge in [-0.05, 0) is 6.08 Å². The van der Waals surface area contributed by atoms with Gasteiger partial charge in [-0.3, -0.25) is 14.5 Å². The van der Waals surface area contributed by atoms with Crippen LogP contribution < -0.4 is 0 Å². The van der Waals surface area contributed by atoms with E-state index in [1.165, 1.54) is 0 Å². The summed E-state index contributed by atoms with van der Waals surface area (Å²) in [7, 11) is 1.05. The molecule has 0 saturated carbocycles. The SMILES string of the molecule is C=CC(=O)N(C)C(=O)[C@H](O)[C@@H](O)[C@H](O)[C@H](O)CO. The van der Waals surface area contributed by atoms with E-state index in [0.717, 1.165) is 13.1 Å². The van der Waals surface area contributed by atoms with Gasteiger partial charge in [-0.15, -0.1) is 0 Å². The number of aliphatic hydroxyl groups is 5. The van der Waals surface area contributed by atoms with Crippen molar-refractivity contribution in [2.24, 2.45) is 0 Å². The molecule has 18 heavy (non-hydrogen) atoms. The van der Waals surface area contributed by atoms with Crippen molar-refractivity contribution in [1.82, 2.24) is 4.90 Å². The van der Waals surface area contributed by atoms with Crippen LogP contribution in [0.25, 0.3) is 0 Å². The molecule has 8 heteroatoms. The molecule has 0 fully saturated rings. The van der Waals surface area contributed by atoms with E-state index in [1.54, 1.807) is 0 Å². The molecule has 0 saturated heterocycles. The van der Waals surface area contributed by atoms with Gasteiger partial charge >= 0.3 is 0 Å². The van der Waals surface area contributed by atoms with Crippen LogP contribution in [-0.4, -0.2) is 80.3 Å². The largest absolute Gasteiger partial charge is 0.394 e. The third kappa shape index (κ3) is 3.86. The van der Waals surface area contributed by atoms with E-state index in [0.29, 0.717) is 4.90 Å². The highest BCUT2D eigenvalue weighted by atomic mass is 16.4. The molecule has 0 aromatic carbocycles. The second-order valence-electron chi connectivity index (χ2n) is 3.62. The van der Waals surface area contributed by atoms with E-state index in [4.69, 9.17) is 10.2 Å². The summed E-state index contributed by atoms with van der Waals surface area (Å²) in [5, 5.41) is 45.7. The molecule has 0 unspecified atom stereocenters. The van der Waals surface area contributed by atoms with Crippen molar-refractivity contribution in [3.05, 3.63) is 12.7 Å². The number of nitrogens with zero attached hydrogens (tertiary/aromatic N) is 1. The first-order chi connectivity index (χ1) is 8.27. The predicted molar refractivity (Wildman–Crippen MR) is 59.1 cm³/mol. The Kier molecular flexibility index (Phi) is 6.66. The van der Waals surface area contributed by atoms with Gasteiger partial charge in [-0.1, -0.05) is 6.58 Å². The van der Waals surface area contributed by atoms with Gasteiger partial charge in [0.25, 0.3) is 11.8 Å². The molecule has 5 N–H and O–H groups in total. The monoisotopic (exact) mass is 263 g/mol. The first kappa shape index (κ1) is 16.7. The first-order valence-corrected chi connectivity index (χ1v) is 5.05. The van der Waals surface area contributed by atoms with E-state index < -0.39 is 42.8 Å². The molecule has 8 nitrogen and oxygen atoms in total.